The highest BCUT2D eigenvalue weighted by Gasteiger charge is 2.22. The Hall–Kier alpha value is -0.540. The Morgan fingerprint density at radius 2 is 1.80 bits per heavy atom. The lowest BCUT2D eigenvalue weighted by molar-refractivity contribution is 0.0837. The largest absolute Gasteiger partial charge is 0.497 e. The molecule has 0 amide bonds. The quantitative estimate of drug-likeness (QED) is 0.525. The fraction of sp³-hybridized carbons (Fsp3) is 0.647. The van der Waals surface area contributed by atoms with Crippen LogP contribution in [-0.4, -0.2) is 25.7 Å². The Morgan fingerprint density at radius 1 is 1.10 bits per heavy atom. The van der Waals surface area contributed by atoms with E-state index < -0.39 is 0 Å². The number of halogens is 1. The van der Waals surface area contributed by atoms with Crippen molar-refractivity contribution >= 4 is 15.9 Å². The third-order valence-corrected chi connectivity index (χ3v) is 4.77. The van der Waals surface area contributed by atoms with E-state index in [1.165, 1.54) is 31.2 Å². The van der Waals surface area contributed by atoms with Crippen molar-refractivity contribution in [1.29, 1.82) is 0 Å². The van der Waals surface area contributed by atoms with Gasteiger partial charge in [-0.2, -0.15) is 0 Å². The maximum Gasteiger partial charge on any atom is 0.118 e. The van der Waals surface area contributed by atoms with Crippen molar-refractivity contribution in [2.45, 2.75) is 38.0 Å². The zero-order valence-electron chi connectivity index (χ0n) is 12.3. The molecule has 112 valence electrons. The second kappa shape index (κ2) is 8.68. The molecule has 1 fully saturated rings. The van der Waals surface area contributed by atoms with Crippen molar-refractivity contribution in [1.82, 2.24) is 0 Å². The molecular formula is C17H25BrO2. The summed E-state index contributed by atoms with van der Waals surface area (Å²) in [7, 11) is 1.72. The Labute approximate surface area is 131 Å². The zero-order valence-corrected chi connectivity index (χ0v) is 13.9. The lowest BCUT2D eigenvalue weighted by Crippen LogP contribution is -2.18. The number of hydrogen-bond donors (Lipinski definition) is 0. The van der Waals surface area contributed by atoms with Crippen LogP contribution in [0.2, 0.25) is 0 Å². The molecule has 2 rings (SSSR count). The molecule has 0 N–H and O–H groups in total. The van der Waals surface area contributed by atoms with E-state index >= 15 is 0 Å². The fourth-order valence-electron chi connectivity index (χ4n) is 2.95. The van der Waals surface area contributed by atoms with Gasteiger partial charge in [0.15, 0.2) is 0 Å². The Morgan fingerprint density at radius 3 is 2.40 bits per heavy atom. The Bertz CT molecular complexity index is 369. The van der Waals surface area contributed by atoms with Gasteiger partial charge in [0, 0.05) is 18.5 Å². The van der Waals surface area contributed by atoms with Gasteiger partial charge in [0.05, 0.1) is 7.11 Å². The molecule has 1 aliphatic rings. The first-order valence-corrected chi connectivity index (χ1v) is 8.73. The van der Waals surface area contributed by atoms with Gasteiger partial charge in [0.1, 0.15) is 5.75 Å². The van der Waals surface area contributed by atoms with Gasteiger partial charge in [-0.1, -0.05) is 28.1 Å². The van der Waals surface area contributed by atoms with Crippen molar-refractivity contribution in [2.75, 3.05) is 25.7 Å². The van der Waals surface area contributed by atoms with Gasteiger partial charge in [-0.3, -0.25) is 0 Å². The molecule has 1 aromatic rings. The van der Waals surface area contributed by atoms with Crippen LogP contribution in [0.15, 0.2) is 24.3 Å². The van der Waals surface area contributed by atoms with Crippen LogP contribution >= 0.6 is 15.9 Å². The lowest BCUT2D eigenvalue weighted by Gasteiger charge is -2.28. The van der Waals surface area contributed by atoms with Crippen LogP contribution in [0, 0.1) is 5.92 Å². The van der Waals surface area contributed by atoms with Gasteiger partial charge in [-0.05, 0) is 61.6 Å². The van der Waals surface area contributed by atoms with E-state index in [1.54, 1.807) is 7.11 Å². The van der Waals surface area contributed by atoms with Gasteiger partial charge >= 0.3 is 0 Å². The number of alkyl halides is 1. The average molecular weight is 341 g/mol. The summed E-state index contributed by atoms with van der Waals surface area (Å²) in [6, 6.07) is 8.59. The molecule has 0 unspecified atom stereocenters. The highest BCUT2D eigenvalue weighted by atomic mass is 79.9. The summed E-state index contributed by atoms with van der Waals surface area (Å²) in [5, 5.41) is 1.04. The average Bonchev–Trinajstić information content (AvgIpc) is 2.52. The summed E-state index contributed by atoms with van der Waals surface area (Å²) in [6.07, 6.45) is 6.29. The lowest BCUT2D eigenvalue weighted by atomic mass is 9.79. The SMILES string of the molecule is COc1ccc(C2CCC(COCCCBr)CC2)cc1. The second-order valence-corrected chi connectivity index (χ2v) is 6.40. The van der Waals surface area contributed by atoms with E-state index in [0.29, 0.717) is 0 Å². The molecule has 0 aromatic heterocycles. The zero-order chi connectivity index (χ0) is 14.2. The molecular weight excluding hydrogens is 316 g/mol. The van der Waals surface area contributed by atoms with E-state index in [2.05, 4.69) is 40.2 Å². The monoisotopic (exact) mass is 340 g/mol. The van der Waals surface area contributed by atoms with Gasteiger partial charge < -0.3 is 9.47 Å². The number of hydrogen-bond acceptors (Lipinski definition) is 2. The summed E-state index contributed by atoms with van der Waals surface area (Å²) in [5.74, 6) is 2.43. The first kappa shape index (κ1) is 15.8. The van der Waals surface area contributed by atoms with Gasteiger partial charge in [0.25, 0.3) is 0 Å². The highest BCUT2D eigenvalue weighted by Crippen LogP contribution is 2.36. The molecule has 2 nitrogen and oxygen atoms in total. The van der Waals surface area contributed by atoms with E-state index in [1.807, 2.05) is 0 Å². The molecule has 1 saturated carbocycles. The minimum Gasteiger partial charge on any atom is -0.497 e. The first-order chi connectivity index (χ1) is 9.83. The third kappa shape index (κ3) is 4.78. The van der Waals surface area contributed by atoms with Crippen LogP contribution in [0.3, 0.4) is 0 Å². The topological polar surface area (TPSA) is 18.5 Å². The molecule has 0 heterocycles. The molecule has 0 spiro atoms. The number of methoxy groups -OCH3 is 1. The molecule has 0 atom stereocenters. The molecule has 20 heavy (non-hydrogen) atoms. The van der Waals surface area contributed by atoms with Gasteiger partial charge in [0.2, 0.25) is 0 Å². The first-order valence-electron chi connectivity index (χ1n) is 7.61. The smallest absolute Gasteiger partial charge is 0.118 e. The molecule has 0 aliphatic heterocycles. The van der Waals surface area contributed by atoms with Crippen LogP contribution < -0.4 is 4.74 Å². The third-order valence-electron chi connectivity index (χ3n) is 4.21. The summed E-state index contributed by atoms with van der Waals surface area (Å²) < 4.78 is 11.0. The van der Waals surface area contributed by atoms with Crippen molar-refractivity contribution < 1.29 is 9.47 Å². The van der Waals surface area contributed by atoms with E-state index in [9.17, 15) is 0 Å². The number of rotatable bonds is 7. The molecule has 1 aromatic carbocycles. The summed E-state index contributed by atoms with van der Waals surface area (Å²) in [6.45, 7) is 1.84. The normalized spacial score (nSPS) is 22.7. The van der Waals surface area contributed by atoms with E-state index in [0.717, 1.165) is 42.5 Å². The van der Waals surface area contributed by atoms with Crippen LogP contribution in [0.25, 0.3) is 0 Å². The molecule has 3 heteroatoms. The minimum absolute atomic E-state index is 0.722. The second-order valence-electron chi connectivity index (χ2n) is 5.61. The standard InChI is InChI=1S/C17H25BrO2/c1-19-17-9-7-16(8-10-17)15-5-3-14(4-6-15)13-20-12-2-11-18/h7-10,14-15H,2-6,11-13H2,1H3. The molecule has 0 radical (unpaired) electrons. The summed E-state index contributed by atoms with van der Waals surface area (Å²) in [5.41, 5.74) is 1.46. The van der Waals surface area contributed by atoms with Crippen LogP contribution in [0.4, 0.5) is 0 Å². The predicted octanol–water partition coefficient (Wildman–Crippen LogP) is 4.77. The van der Waals surface area contributed by atoms with E-state index in [-0.39, 0.29) is 0 Å². The molecule has 0 saturated heterocycles. The minimum atomic E-state index is 0.722. The van der Waals surface area contributed by atoms with Gasteiger partial charge in [-0.25, -0.2) is 0 Å². The Balaban J connectivity index is 1.73. The predicted molar refractivity (Wildman–Crippen MR) is 86.9 cm³/mol. The van der Waals surface area contributed by atoms with Crippen LogP contribution in [-0.2, 0) is 4.74 Å². The molecule has 1 aliphatic carbocycles. The Kier molecular flexibility index (Phi) is 6.88. The maximum absolute atomic E-state index is 5.74. The maximum atomic E-state index is 5.74. The van der Waals surface area contributed by atoms with Crippen molar-refractivity contribution in [3.63, 3.8) is 0 Å². The van der Waals surface area contributed by atoms with Crippen molar-refractivity contribution in [2.24, 2.45) is 5.92 Å². The van der Waals surface area contributed by atoms with Crippen molar-refractivity contribution in [3.8, 4) is 5.75 Å². The summed E-state index contributed by atoms with van der Waals surface area (Å²) >= 11 is 3.43. The summed E-state index contributed by atoms with van der Waals surface area (Å²) in [4.78, 5) is 0. The number of ether oxygens (including phenoxy) is 2. The van der Waals surface area contributed by atoms with Gasteiger partial charge in [-0.15, -0.1) is 0 Å². The van der Waals surface area contributed by atoms with E-state index in [4.69, 9.17) is 9.47 Å². The van der Waals surface area contributed by atoms with Crippen LogP contribution in [0.1, 0.15) is 43.6 Å². The van der Waals surface area contributed by atoms with Crippen LogP contribution in [0.5, 0.6) is 5.75 Å². The molecule has 0 bridgehead atoms. The fourth-order valence-corrected chi connectivity index (χ4v) is 3.17. The van der Waals surface area contributed by atoms with Crippen molar-refractivity contribution in [3.05, 3.63) is 29.8 Å². The number of benzene rings is 1. The highest BCUT2D eigenvalue weighted by molar-refractivity contribution is 9.09.